The van der Waals surface area contributed by atoms with Gasteiger partial charge in [-0.05, 0) is 53.9 Å². The number of halogens is 2. The van der Waals surface area contributed by atoms with E-state index in [2.05, 4.69) is 26.1 Å². The second-order valence-corrected chi connectivity index (χ2v) is 13.6. The lowest BCUT2D eigenvalue weighted by molar-refractivity contribution is 0.0878. The van der Waals surface area contributed by atoms with Gasteiger partial charge in [0.2, 0.25) is 11.8 Å². The molecule has 0 aliphatic carbocycles. The molecule has 0 radical (unpaired) electrons. The molecule has 8 nitrogen and oxygen atoms in total. The standard InChI is InChI=1S/C42H44ClFN6O2/c1-46-41-34(40(45)35-19-20-39(51-28-30-9-4-2-5-10-30)47-42(35)52-29-31-11-6-3-7-12-31)13-8-14-38(41)49-25-23-48(24-26-49)37-21-22-50(27-36(37)44)33-17-15-32(43)16-18-33/h2-20,36-37,45-46H,21-29H2,1H3. The number of nitrogens with one attached hydrogen (secondary N) is 2. The molecule has 3 heterocycles. The maximum absolute atomic E-state index is 15.6. The van der Waals surface area contributed by atoms with Gasteiger partial charge in [-0.15, -0.1) is 0 Å². The summed E-state index contributed by atoms with van der Waals surface area (Å²) in [5.74, 6) is 0.762. The molecule has 5 aromatic rings. The summed E-state index contributed by atoms with van der Waals surface area (Å²) in [6, 6.07) is 37.1. The number of hydrogen-bond donors (Lipinski definition) is 2. The molecular weight excluding hydrogens is 675 g/mol. The first kappa shape index (κ1) is 35.3. The first-order valence-corrected chi connectivity index (χ1v) is 18.2. The minimum Gasteiger partial charge on any atom is -0.473 e. The lowest BCUT2D eigenvalue weighted by Gasteiger charge is -2.45. The van der Waals surface area contributed by atoms with Gasteiger partial charge in [0.1, 0.15) is 19.4 Å². The molecular formula is C42H44ClFN6O2. The predicted octanol–water partition coefficient (Wildman–Crippen LogP) is 8.09. The lowest BCUT2D eigenvalue weighted by Crippen LogP contribution is -2.58. The van der Waals surface area contributed by atoms with Gasteiger partial charge in [-0.2, -0.15) is 4.98 Å². The topological polar surface area (TPSA) is 76.9 Å². The average molecular weight is 719 g/mol. The monoisotopic (exact) mass is 718 g/mol. The van der Waals surface area contributed by atoms with Crippen LogP contribution >= 0.6 is 11.6 Å². The Kier molecular flexibility index (Phi) is 11.2. The van der Waals surface area contributed by atoms with Crippen molar-refractivity contribution in [2.75, 3.05) is 61.4 Å². The summed E-state index contributed by atoms with van der Waals surface area (Å²) in [5.41, 5.74) is 6.53. The summed E-state index contributed by atoms with van der Waals surface area (Å²) in [4.78, 5) is 11.5. The zero-order chi connectivity index (χ0) is 35.9. The Morgan fingerprint density at radius 2 is 1.44 bits per heavy atom. The van der Waals surface area contributed by atoms with Gasteiger partial charge in [0.05, 0.1) is 29.2 Å². The van der Waals surface area contributed by atoms with Gasteiger partial charge in [-0.3, -0.25) is 10.3 Å². The average Bonchev–Trinajstić information content (AvgIpc) is 3.20. The number of hydrogen-bond acceptors (Lipinski definition) is 8. The number of pyridine rings is 1. The van der Waals surface area contributed by atoms with Crippen molar-refractivity contribution in [3.05, 3.63) is 143 Å². The number of alkyl halides is 1. The summed E-state index contributed by atoms with van der Waals surface area (Å²) in [6.07, 6.45) is -0.161. The highest BCUT2D eigenvalue weighted by Gasteiger charge is 2.35. The smallest absolute Gasteiger partial charge is 0.226 e. The van der Waals surface area contributed by atoms with Gasteiger partial charge in [-0.1, -0.05) is 84.4 Å². The molecule has 10 heteroatoms. The van der Waals surface area contributed by atoms with Gasteiger partial charge in [0, 0.05) is 68.2 Å². The van der Waals surface area contributed by atoms with Crippen LogP contribution in [0, 0.1) is 5.41 Å². The van der Waals surface area contributed by atoms with Crippen LogP contribution in [-0.4, -0.2) is 74.1 Å². The Labute approximate surface area is 310 Å². The second-order valence-electron chi connectivity index (χ2n) is 13.2. The Balaban J connectivity index is 1.06. The van der Waals surface area contributed by atoms with E-state index < -0.39 is 6.17 Å². The van der Waals surface area contributed by atoms with E-state index in [0.29, 0.717) is 47.8 Å². The molecule has 4 aromatic carbocycles. The summed E-state index contributed by atoms with van der Waals surface area (Å²) >= 11 is 6.07. The van der Waals surface area contributed by atoms with E-state index in [1.807, 2.05) is 110 Å². The number of anilines is 3. The van der Waals surface area contributed by atoms with Crippen molar-refractivity contribution in [3.63, 3.8) is 0 Å². The molecule has 0 spiro atoms. The molecule has 2 aliphatic heterocycles. The highest BCUT2D eigenvalue weighted by atomic mass is 35.5. The van der Waals surface area contributed by atoms with Crippen LogP contribution in [-0.2, 0) is 13.2 Å². The summed E-state index contributed by atoms with van der Waals surface area (Å²) in [7, 11) is 1.89. The van der Waals surface area contributed by atoms with E-state index in [4.69, 9.17) is 26.1 Å². The number of ether oxygens (including phenoxy) is 2. The summed E-state index contributed by atoms with van der Waals surface area (Å²) in [6.45, 7) is 4.92. The predicted molar refractivity (Wildman–Crippen MR) is 208 cm³/mol. The second kappa shape index (κ2) is 16.5. The molecule has 1 aromatic heterocycles. The van der Waals surface area contributed by atoms with E-state index in [1.54, 1.807) is 6.07 Å². The molecule has 268 valence electrons. The Morgan fingerprint density at radius 3 is 2.10 bits per heavy atom. The van der Waals surface area contributed by atoms with E-state index in [0.717, 1.165) is 72.9 Å². The van der Waals surface area contributed by atoms with E-state index in [1.165, 1.54) is 0 Å². The van der Waals surface area contributed by atoms with Crippen molar-refractivity contribution in [1.82, 2.24) is 9.88 Å². The van der Waals surface area contributed by atoms with Gasteiger partial charge < -0.3 is 24.6 Å². The summed E-state index contributed by atoms with van der Waals surface area (Å²) < 4.78 is 28.0. The minimum atomic E-state index is -0.935. The zero-order valence-electron chi connectivity index (χ0n) is 29.3. The Morgan fingerprint density at radius 1 is 0.769 bits per heavy atom. The van der Waals surface area contributed by atoms with Crippen LogP contribution in [0.5, 0.6) is 11.8 Å². The number of benzene rings is 4. The van der Waals surface area contributed by atoms with Crippen molar-refractivity contribution in [2.45, 2.75) is 31.8 Å². The molecule has 2 aliphatic rings. The van der Waals surface area contributed by atoms with Crippen LogP contribution < -0.4 is 24.6 Å². The lowest BCUT2D eigenvalue weighted by atomic mass is 9.98. The summed E-state index contributed by atoms with van der Waals surface area (Å²) in [5, 5.41) is 13.5. The molecule has 2 fully saturated rings. The fourth-order valence-electron chi connectivity index (χ4n) is 7.17. The van der Waals surface area contributed by atoms with Crippen LogP contribution in [0.4, 0.5) is 21.5 Å². The van der Waals surface area contributed by atoms with Gasteiger partial charge in [0.25, 0.3) is 0 Å². The van der Waals surface area contributed by atoms with Crippen LogP contribution in [0.3, 0.4) is 0 Å². The van der Waals surface area contributed by atoms with Gasteiger partial charge in [0.15, 0.2) is 0 Å². The van der Waals surface area contributed by atoms with Crippen molar-refractivity contribution >= 4 is 34.4 Å². The molecule has 52 heavy (non-hydrogen) atoms. The van der Waals surface area contributed by atoms with Gasteiger partial charge >= 0.3 is 0 Å². The SMILES string of the molecule is CNc1c(C(=N)c2ccc(OCc3ccccc3)nc2OCc2ccccc2)cccc1N1CCN(C2CCN(c3ccc(Cl)cc3)CC2F)CC1. The molecule has 0 bridgehead atoms. The van der Waals surface area contributed by atoms with Crippen molar-refractivity contribution in [1.29, 1.82) is 5.41 Å². The first-order valence-electron chi connectivity index (χ1n) is 17.8. The minimum absolute atomic E-state index is 0.101. The molecule has 0 saturated carbocycles. The van der Waals surface area contributed by atoms with E-state index >= 15 is 4.39 Å². The Hall–Kier alpha value is -5.12. The molecule has 7 rings (SSSR count). The maximum atomic E-state index is 15.6. The van der Waals surface area contributed by atoms with Crippen LogP contribution in [0.15, 0.2) is 115 Å². The van der Waals surface area contributed by atoms with Crippen LogP contribution in [0.2, 0.25) is 5.02 Å². The fourth-order valence-corrected chi connectivity index (χ4v) is 7.29. The molecule has 2 N–H and O–H groups in total. The number of piperidine rings is 1. The highest BCUT2D eigenvalue weighted by molar-refractivity contribution is 6.30. The molecule has 2 unspecified atom stereocenters. The largest absolute Gasteiger partial charge is 0.473 e. The quantitative estimate of drug-likeness (QED) is 0.126. The zero-order valence-corrected chi connectivity index (χ0v) is 30.1. The third-order valence-corrected chi connectivity index (χ3v) is 10.2. The molecule has 2 saturated heterocycles. The van der Waals surface area contributed by atoms with Crippen molar-refractivity contribution in [3.8, 4) is 11.8 Å². The molecule has 2 atom stereocenters. The number of piperazine rings is 1. The number of aromatic nitrogens is 1. The third kappa shape index (κ3) is 8.16. The van der Waals surface area contributed by atoms with Crippen LogP contribution in [0.1, 0.15) is 28.7 Å². The first-order chi connectivity index (χ1) is 25.5. The number of rotatable bonds is 12. The van der Waals surface area contributed by atoms with E-state index in [9.17, 15) is 5.41 Å². The fraction of sp³-hybridized carbons (Fsp3) is 0.286. The van der Waals surface area contributed by atoms with Crippen molar-refractivity contribution < 1.29 is 13.9 Å². The third-order valence-electron chi connectivity index (χ3n) is 9.94. The number of nitrogens with zero attached hydrogens (tertiary/aromatic N) is 4. The highest BCUT2D eigenvalue weighted by Crippen LogP contribution is 2.35. The normalized spacial score (nSPS) is 17.8. The Bertz CT molecular complexity index is 1940. The maximum Gasteiger partial charge on any atom is 0.226 e. The number of para-hydroxylation sites is 1. The van der Waals surface area contributed by atoms with E-state index in [-0.39, 0.29) is 6.04 Å². The van der Waals surface area contributed by atoms with Crippen LogP contribution in [0.25, 0.3) is 0 Å². The van der Waals surface area contributed by atoms with Crippen molar-refractivity contribution in [2.24, 2.45) is 0 Å². The molecule has 0 amide bonds. The van der Waals surface area contributed by atoms with Gasteiger partial charge in [-0.25, -0.2) is 4.39 Å².